The van der Waals surface area contributed by atoms with Crippen LogP contribution in [0.4, 0.5) is 5.82 Å². The summed E-state index contributed by atoms with van der Waals surface area (Å²) in [5, 5.41) is 9.67. The Labute approximate surface area is 151 Å². The Balaban J connectivity index is 1.62. The Hall–Kier alpha value is -2.12. The number of ether oxygens (including phenoxy) is 2. The predicted molar refractivity (Wildman–Crippen MR) is 94.4 cm³/mol. The summed E-state index contributed by atoms with van der Waals surface area (Å²) in [5.74, 6) is 2.43. The van der Waals surface area contributed by atoms with Crippen molar-refractivity contribution in [1.82, 2.24) is 15.0 Å². The number of hydrogen-bond acceptors (Lipinski definition) is 7. The fraction of sp³-hybridized carbons (Fsp3) is 0.471. The predicted octanol–water partition coefficient (Wildman–Crippen LogP) is 2.38. The van der Waals surface area contributed by atoms with E-state index in [-0.39, 0.29) is 12.7 Å². The highest BCUT2D eigenvalue weighted by atomic mass is 35.5. The van der Waals surface area contributed by atoms with E-state index in [0.717, 1.165) is 43.1 Å². The van der Waals surface area contributed by atoms with Gasteiger partial charge in [-0.25, -0.2) is 15.0 Å². The quantitative estimate of drug-likeness (QED) is 0.816. The fourth-order valence-corrected chi connectivity index (χ4v) is 3.02. The highest BCUT2D eigenvalue weighted by Crippen LogP contribution is 2.27. The number of aliphatic hydroxyl groups is 1. The van der Waals surface area contributed by atoms with E-state index in [1.165, 1.54) is 0 Å². The van der Waals surface area contributed by atoms with Crippen LogP contribution in [0.5, 0.6) is 11.6 Å². The molecule has 0 radical (unpaired) electrons. The zero-order chi connectivity index (χ0) is 17.8. The van der Waals surface area contributed by atoms with Crippen LogP contribution in [-0.4, -0.2) is 46.4 Å². The lowest BCUT2D eigenvalue weighted by Gasteiger charge is -2.33. The second kappa shape index (κ2) is 7.84. The number of pyridine rings is 1. The summed E-state index contributed by atoms with van der Waals surface area (Å²) >= 11 is 6.15. The normalized spacial score (nSPS) is 15.3. The van der Waals surface area contributed by atoms with Gasteiger partial charge in [0.1, 0.15) is 29.4 Å². The highest BCUT2D eigenvalue weighted by molar-refractivity contribution is 6.30. The minimum Gasteiger partial charge on any atom is -0.489 e. The van der Waals surface area contributed by atoms with Gasteiger partial charge in [-0.3, -0.25) is 0 Å². The smallest absolute Gasteiger partial charge is 0.213 e. The van der Waals surface area contributed by atoms with Crippen molar-refractivity contribution in [2.75, 3.05) is 25.1 Å². The van der Waals surface area contributed by atoms with Gasteiger partial charge in [0.25, 0.3) is 0 Å². The van der Waals surface area contributed by atoms with Crippen molar-refractivity contribution in [2.45, 2.75) is 32.5 Å². The molecule has 0 atom stereocenters. The summed E-state index contributed by atoms with van der Waals surface area (Å²) in [6.45, 7) is 3.27. The van der Waals surface area contributed by atoms with Crippen molar-refractivity contribution in [2.24, 2.45) is 0 Å². The fourth-order valence-electron chi connectivity index (χ4n) is 2.83. The van der Waals surface area contributed by atoms with E-state index < -0.39 is 0 Å². The van der Waals surface area contributed by atoms with Crippen LogP contribution in [0.2, 0.25) is 5.15 Å². The van der Waals surface area contributed by atoms with Gasteiger partial charge >= 0.3 is 0 Å². The maximum atomic E-state index is 9.28. The molecule has 1 N–H and O–H groups in total. The molecule has 1 aliphatic rings. The third-order valence-corrected chi connectivity index (χ3v) is 4.58. The largest absolute Gasteiger partial charge is 0.489 e. The van der Waals surface area contributed by atoms with E-state index in [1.54, 1.807) is 19.4 Å². The molecule has 2 aromatic heterocycles. The molecule has 1 saturated heterocycles. The molecule has 0 saturated carbocycles. The van der Waals surface area contributed by atoms with Crippen molar-refractivity contribution < 1.29 is 14.6 Å². The number of piperidine rings is 1. The van der Waals surface area contributed by atoms with Gasteiger partial charge in [0, 0.05) is 37.6 Å². The Morgan fingerprint density at radius 3 is 2.64 bits per heavy atom. The molecule has 7 nitrogen and oxygen atoms in total. The zero-order valence-electron chi connectivity index (χ0n) is 14.3. The molecular weight excluding hydrogens is 344 g/mol. The summed E-state index contributed by atoms with van der Waals surface area (Å²) in [6, 6.07) is 3.65. The lowest BCUT2D eigenvalue weighted by Crippen LogP contribution is -2.39. The molecule has 3 rings (SSSR count). The molecule has 0 bridgehead atoms. The van der Waals surface area contributed by atoms with Crippen molar-refractivity contribution in [3.05, 3.63) is 34.9 Å². The molecule has 0 unspecified atom stereocenters. The lowest BCUT2D eigenvalue weighted by atomic mass is 10.1. The van der Waals surface area contributed by atoms with Crippen LogP contribution in [0.25, 0.3) is 0 Å². The van der Waals surface area contributed by atoms with E-state index >= 15 is 0 Å². The van der Waals surface area contributed by atoms with Crippen LogP contribution in [0.1, 0.15) is 24.2 Å². The SMILES string of the molecule is COc1ccc(OC2CCN(c3nc(CO)nc(Cl)c3C)CC2)cn1. The average Bonchev–Trinajstić information content (AvgIpc) is 2.65. The molecule has 0 aromatic carbocycles. The van der Waals surface area contributed by atoms with E-state index in [0.29, 0.717) is 16.9 Å². The maximum absolute atomic E-state index is 9.28. The van der Waals surface area contributed by atoms with Crippen LogP contribution in [0.15, 0.2) is 18.3 Å². The van der Waals surface area contributed by atoms with Gasteiger partial charge in [-0.05, 0) is 13.0 Å². The van der Waals surface area contributed by atoms with Gasteiger partial charge < -0.3 is 19.5 Å². The number of methoxy groups -OCH3 is 1. The maximum Gasteiger partial charge on any atom is 0.213 e. The number of anilines is 1. The van der Waals surface area contributed by atoms with E-state index in [4.69, 9.17) is 21.1 Å². The highest BCUT2D eigenvalue weighted by Gasteiger charge is 2.24. The molecule has 3 heterocycles. The van der Waals surface area contributed by atoms with Gasteiger partial charge in [-0.15, -0.1) is 0 Å². The van der Waals surface area contributed by atoms with Crippen LogP contribution in [-0.2, 0) is 6.61 Å². The average molecular weight is 365 g/mol. The minimum absolute atomic E-state index is 0.126. The third-order valence-electron chi connectivity index (χ3n) is 4.21. The lowest BCUT2D eigenvalue weighted by molar-refractivity contribution is 0.169. The third kappa shape index (κ3) is 4.11. The number of hydrogen-bond donors (Lipinski definition) is 1. The number of rotatable bonds is 5. The van der Waals surface area contributed by atoms with Crippen molar-refractivity contribution >= 4 is 17.4 Å². The first-order valence-electron chi connectivity index (χ1n) is 8.16. The van der Waals surface area contributed by atoms with Gasteiger partial charge in [-0.1, -0.05) is 11.6 Å². The second-order valence-electron chi connectivity index (χ2n) is 5.88. The minimum atomic E-state index is -0.225. The first-order valence-corrected chi connectivity index (χ1v) is 8.54. The van der Waals surface area contributed by atoms with Crippen molar-refractivity contribution in [3.63, 3.8) is 0 Å². The topological polar surface area (TPSA) is 80.6 Å². The monoisotopic (exact) mass is 364 g/mol. The molecule has 2 aromatic rings. The van der Waals surface area contributed by atoms with Gasteiger partial charge in [0.05, 0.1) is 13.3 Å². The summed E-state index contributed by atoms with van der Waals surface area (Å²) < 4.78 is 11.0. The summed E-state index contributed by atoms with van der Waals surface area (Å²) in [6.07, 6.45) is 3.53. The summed E-state index contributed by atoms with van der Waals surface area (Å²) in [7, 11) is 1.59. The van der Waals surface area contributed by atoms with Crippen LogP contribution in [0, 0.1) is 6.92 Å². The van der Waals surface area contributed by atoms with Gasteiger partial charge in [0.2, 0.25) is 5.88 Å². The van der Waals surface area contributed by atoms with E-state index in [2.05, 4.69) is 19.9 Å². The van der Waals surface area contributed by atoms with Crippen molar-refractivity contribution in [3.8, 4) is 11.6 Å². The molecule has 8 heteroatoms. The Morgan fingerprint density at radius 1 is 1.28 bits per heavy atom. The molecule has 0 amide bonds. The van der Waals surface area contributed by atoms with Crippen molar-refractivity contribution in [1.29, 1.82) is 0 Å². The first kappa shape index (κ1) is 17.7. The van der Waals surface area contributed by atoms with Crippen LogP contribution >= 0.6 is 11.6 Å². The Bertz CT molecular complexity index is 719. The first-order chi connectivity index (χ1) is 12.1. The Morgan fingerprint density at radius 2 is 2.04 bits per heavy atom. The van der Waals surface area contributed by atoms with E-state index in [9.17, 15) is 5.11 Å². The molecular formula is C17H21ClN4O3. The van der Waals surface area contributed by atoms with Crippen LogP contribution in [0.3, 0.4) is 0 Å². The Kier molecular flexibility index (Phi) is 5.55. The standard InChI is InChI=1S/C17H21ClN4O3/c1-11-16(18)20-14(10-23)21-17(11)22-7-5-12(6-8-22)25-13-3-4-15(24-2)19-9-13/h3-4,9,12,23H,5-8,10H2,1-2H3. The second-order valence-corrected chi connectivity index (χ2v) is 6.24. The number of aliphatic hydroxyl groups excluding tert-OH is 1. The summed E-state index contributed by atoms with van der Waals surface area (Å²) in [4.78, 5) is 14.8. The van der Waals surface area contributed by atoms with Gasteiger partial charge in [-0.2, -0.15) is 0 Å². The van der Waals surface area contributed by atoms with Crippen LogP contribution < -0.4 is 14.4 Å². The number of aromatic nitrogens is 3. The number of halogens is 1. The molecule has 1 fully saturated rings. The van der Waals surface area contributed by atoms with E-state index in [1.807, 2.05) is 13.0 Å². The summed E-state index contributed by atoms with van der Waals surface area (Å²) in [5.41, 5.74) is 0.831. The molecule has 0 aliphatic carbocycles. The molecule has 1 aliphatic heterocycles. The number of nitrogens with zero attached hydrogens (tertiary/aromatic N) is 4. The molecule has 134 valence electrons. The zero-order valence-corrected chi connectivity index (χ0v) is 15.0. The molecule has 0 spiro atoms. The van der Waals surface area contributed by atoms with Gasteiger partial charge in [0.15, 0.2) is 5.82 Å². The molecule has 25 heavy (non-hydrogen) atoms.